The third kappa shape index (κ3) is 4.62. The van der Waals surface area contributed by atoms with Gasteiger partial charge in [-0.1, -0.05) is 31.5 Å². The number of halogens is 1. The van der Waals surface area contributed by atoms with E-state index in [9.17, 15) is 4.79 Å². The van der Waals surface area contributed by atoms with Crippen molar-refractivity contribution in [2.24, 2.45) is 5.92 Å². The molecular weight excluding hydrogens is 300 g/mol. The second-order valence-electron chi connectivity index (χ2n) is 6.16. The average Bonchev–Trinajstić information content (AvgIpc) is 2.52. The van der Waals surface area contributed by atoms with E-state index in [2.05, 4.69) is 24.8 Å². The lowest BCUT2D eigenvalue weighted by Gasteiger charge is -2.37. The van der Waals surface area contributed by atoms with Gasteiger partial charge >= 0.3 is 0 Å². The minimum Gasteiger partial charge on any atom is -0.368 e. The molecule has 1 aliphatic heterocycles. The molecule has 0 aromatic heterocycles. The summed E-state index contributed by atoms with van der Waals surface area (Å²) in [6.07, 6.45) is -0.361. The lowest BCUT2D eigenvalue weighted by molar-refractivity contribution is -0.143. The molecule has 0 N–H and O–H groups in total. The smallest absolute Gasteiger partial charge is 0.251 e. The van der Waals surface area contributed by atoms with Crippen molar-refractivity contribution >= 4 is 23.2 Å². The van der Waals surface area contributed by atoms with Crippen molar-refractivity contribution < 1.29 is 9.53 Å². The summed E-state index contributed by atoms with van der Waals surface area (Å²) in [6.45, 7) is 9.72. The second-order valence-corrected chi connectivity index (χ2v) is 6.60. The standard InChI is InChI=1S/C17H25ClN2O2/c1-13(2)12-22-14(3)17(21)20-9-7-19(8-10-20)16-6-4-5-15(18)11-16/h4-6,11,13-14H,7-10,12H2,1-3H3. The van der Waals surface area contributed by atoms with Crippen LogP contribution in [0.4, 0.5) is 5.69 Å². The summed E-state index contributed by atoms with van der Waals surface area (Å²) in [6, 6.07) is 7.85. The highest BCUT2D eigenvalue weighted by Gasteiger charge is 2.25. The van der Waals surface area contributed by atoms with E-state index in [0.29, 0.717) is 12.5 Å². The summed E-state index contributed by atoms with van der Waals surface area (Å²) in [5.74, 6) is 0.529. The fraction of sp³-hybridized carbons (Fsp3) is 0.588. The predicted molar refractivity (Wildman–Crippen MR) is 90.5 cm³/mol. The molecule has 1 heterocycles. The number of hydrogen-bond acceptors (Lipinski definition) is 3. The van der Waals surface area contributed by atoms with E-state index >= 15 is 0 Å². The summed E-state index contributed by atoms with van der Waals surface area (Å²) in [4.78, 5) is 16.5. The highest BCUT2D eigenvalue weighted by atomic mass is 35.5. The largest absolute Gasteiger partial charge is 0.368 e. The Hall–Kier alpha value is -1.26. The van der Waals surface area contributed by atoms with E-state index in [1.54, 1.807) is 0 Å². The van der Waals surface area contributed by atoms with Crippen LogP contribution in [-0.4, -0.2) is 49.7 Å². The SMILES string of the molecule is CC(C)COC(C)C(=O)N1CCN(c2cccc(Cl)c2)CC1. The van der Waals surface area contributed by atoms with Gasteiger partial charge in [0.15, 0.2) is 0 Å². The molecule has 0 saturated carbocycles. The Balaban J connectivity index is 1.85. The lowest BCUT2D eigenvalue weighted by atomic mass is 10.2. The number of carbonyl (C=O) groups excluding carboxylic acids is 1. The quantitative estimate of drug-likeness (QED) is 0.834. The number of benzene rings is 1. The Morgan fingerprint density at radius 2 is 1.91 bits per heavy atom. The third-order valence-electron chi connectivity index (χ3n) is 3.79. The Labute approximate surface area is 138 Å². The van der Waals surface area contributed by atoms with Gasteiger partial charge in [0.2, 0.25) is 0 Å². The van der Waals surface area contributed by atoms with Crippen molar-refractivity contribution in [3.63, 3.8) is 0 Å². The molecular formula is C17H25ClN2O2. The number of amides is 1. The van der Waals surface area contributed by atoms with Gasteiger partial charge in [0.05, 0.1) is 0 Å². The molecule has 1 amide bonds. The van der Waals surface area contributed by atoms with Crippen LogP contribution in [0.1, 0.15) is 20.8 Å². The van der Waals surface area contributed by atoms with E-state index in [4.69, 9.17) is 16.3 Å². The van der Waals surface area contributed by atoms with Crippen LogP contribution in [0.2, 0.25) is 5.02 Å². The van der Waals surface area contributed by atoms with Crippen LogP contribution in [0.25, 0.3) is 0 Å². The van der Waals surface area contributed by atoms with E-state index in [-0.39, 0.29) is 12.0 Å². The van der Waals surface area contributed by atoms with Gasteiger partial charge in [-0.15, -0.1) is 0 Å². The number of rotatable bonds is 5. The minimum atomic E-state index is -0.361. The molecule has 5 heteroatoms. The van der Waals surface area contributed by atoms with Crippen LogP contribution < -0.4 is 4.90 Å². The first-order chi connectivity index (χ1) is 10.5. The van der Waals surface area contributed by atoms with Gasteiger partial charge in [-0.25, -0.2) is 0 Å². The summed E-state index contributed by atoms with van der Waals surface area (Å²) in [5, 5.41) is 0.742. The highest BCUT2D eigenvalue weighted by Crippen LogP contribution is 2.21. The lowest BCUT2D eigenvalue weighted by Crippen LogP contribution is -2.51. The van der Waals surface area contributed by atoms with Crippen LogP contribution >= 0.6 is 11.6 Å². The molecule has 1 saturated heterocycles. The highest BCUT2D eigenvalue weighted by molar-refractivity contribution is 6.30. The van der Waals surface area contributed by atoms with Gasteiger partial charge in [-0.05, 0) is 31.0 Å². The maximum Gasteiger partial charge on any atom is 0.251 e. The zero-order valence-corrected chi connectivity index (χ0v) is 14.3. The van der Waals surface area contributed by atoms with Gasteiger partial charge in [-0.2, -0.15) is 0 Å². The van der Waals surface area contributed by atoms with Crippen LogP contribution in [0.3, 0.4) is 0 Å². The van der Waals surface area contributed by atoms with Crippen molar-refractivity contribution in [1.82, 2.24) is 4.90 Å². The maximum absolute atomic E-state index is 12.4. The normalized spacial score (nSPS) is 17.0. The number of ether oxygens (including phenoxy) is 1. The Bertz CT molecular complexity index is 499. The molecule has 0 spiro atoms. The zero-order valence-electron chi connectivity index (χ0n) is 13.6. The molecule has 1 aliphatic rings. The van der Waals surface area contributed by atoms with Gasteiger partial charge in [0.25, 0.3) is 5.91 Å². The van der Waals surface area contributed by atoms with Crippen molar-refractivity contribution in [3.05, 3.63) is 29.3 Å². The molecule has 2 rings (SSSR count). The molecule has 22 heavy (non-hydrogen) atoms. The Kier molecular flexibility index (Phi) is 6.09. The Morgan fingerprint density at radius 1 is 1.23 bits per heavy atom. The van der Waals surface area contributed by atoms with Crippen molar-refractivity contribution in [2.45, 2.75) is 26.9 Å². The van der Waals surface area contributed by atoms with Crippen molar-refractivity contribution in [2.75, 3.05) is 37.7 Å². The summed E-state index contributed by atoms with van der Waals surface area (Å²) in [5.41, 5.74) is 1.11. The molecule has 1 fully saturated rings. The monoisotopic (exact) mass is 324 g/mol. The maximum atomic E-state index is 12.4. The molecule has 1 unspecified atom stereocenters. The van der Waals surface area contributed by atoms with Gasteiger partial charge in [-0.3, -0.25) is 4.79 Å². The molecule has 122 valence electrons. The first-order valence-electron chi connectivity index (χ1n) is 7.88. The van der Waals surface area contributed by atoms with Gasteiger partial charge in [0.1, 0.15) is 6.10 Å². The van der Waals surface area contributed by atoms with Crippen LogP contribution in [-0.2, 0) is 9.53 Å². The fourth-order valence-corrected chi connectivity index (χ4v) is 2.71. The van der Waals surface area contributed by atoms with E-state index < -0.39 is 0 Å². The number of hydrogen-bond donors (Lipinski definition) is 0. The van der Waals surface area contributed by atoms with E-state index in [1.807, 2.05) is 30.0 Å². The van der Waals surface area contributed by atoms with Crippen molar-refractivity contribution in [1.29, 1.82) is 0 Å². The number of nitrogens with zero attached hydrogens (tertiary/aromatic N) is 2. The number of piperazine rings is 1. The molecule has 4 nitrogen and oxygen atoms in total. The first-order valence-corrected chi connectivity index (χ1v) is 8.26. The summed E-state index contributed by atoms with van der Waals surface area (Å²) < 4.78 is 5.62. The molecule has 0 aliphatic carbocycles. The number of anilines is 1. The van der Waals surface area contributed by atoms with Gasteiger partial charge in [0, 0.05) is 43.5 Å². The summed E-state index contributed by atoms with van der Waals surface area (Å²) in [7, 11) is 0. The molecule has 1 aromatic rings. The zero-order chi connectivity index (χ0) is 16.1. The Morgan fingerprint density at radius 3 is 2.50 bits per heavy atom. The minimum absolute atomic E-state index is 0.0893. The third-order valence-corrected chi connectivity index (χ3v) is 4.03. The average molecular weight is 325 g/mol. The van der Waals surface area contributed by atoms with Crippen LogP contribution in [0, 0.1) is 5.92 Å². The van der Waals surface area contributed by atoms with E-state index in [1.165, 1.54) is 0 Å². The second kappa shape index (κ2) is 7.84. The molecule has 0 bridgehead atoms. The fourth-order valence-electron chi connectivity index (χ4n) is 2.52. The molecule has 1 atom stereocenters. The number of carbonyl (C=O) groups is 1. The first kappa shape index (κ1) is 17.1. The van der Waals surface area contributed by atoms with Gasteiger partial charge < -0.3 is 14.5 Å². The predicted octanol–water partition coefficient (Wildman–Crippen LogP) is 3.05. The molecule has 1 aromatic carbocycles. The molecule has 0 radical (unpaired) electrons. The topological polar surface area (TPSA) is 32.8 Å². The van der Waals surface area contributed by atoms with Crippen LogP contribution in [0.15, 0.2) is 24.3 Å². The van der Waals surface area contributed by atoms with Crippen LogP contribution in [0.5, 0.6) is 0 Å². The van der Waals surface area contributed by atoms with E-state index in [0.717, 1.165) is 36.9 Å². The summed E-state index contributed by atoms with van der Waals surface area (Å²) >= 11 is 6.04. The van der Waals surface area contributed by atoms with Crippen molar-refractivity contribution in [3.8, 4) is 0 Å².